The lowest BCUT2D eigenvalue weighted by Crippen LogP contribution is -2.41. The molecule has 0 saturated carbocycles. The largest absolute Gasteiger partial charge is 0.465 e. The number of rotatable bonds is 3. The molecule has 0 bridgehead atoms. The van der Waals surface area contributed by atoms with Crippen LogP contribution in [-0.4, -0.2) is 36.2 Å². The van der Waals surface area contributed by atoms with Crippen molar-refractivity contribution in [1.29, 1.82) is 0 Å². The normalized spacial score (nSPS) is 21.5. The first-order valence-electron chi connectivity index (χ1n) is 9.27. The maximum absolute atomic E-state index is 12.1. The Morgan fingerprint density at radius 2 is 1.88 bits per heavy atom. The van der Waals surface area contributed by atoms with Crippen molar-refractivity contribution in [1.82, 2.24) is 4.90 Å². The van der Waals surface area contributed by atoms with Crippen molar-refractivity contribution in [2.45, 2.75) is 31.9 Å². The zero-order chi connectivity index (χ0) is 18.1. The molecule has 26 heavy (non-hydrogen) atoms. The summed E-state index contributed by atoms with van der Waals surface area (Å²) in [6.45, 7) is 2.88. The average molecular weight is 351 g/mol. The van der Waals surface area contributed by atoms with Crippen LogP contribution in [0.15, 0.2) is 48.5 Å². The van der Waals surface area contributed by atoms with Gasteiger partial charge in [0.25, 0.3) is 0 Å². The summed E-state index contributed by atoms with van der Waals surface area (Å²) < 4.78 is 4.93. The van der Waals surface area contributed by atoms with E-state index in [-0.39, 0.29) is 11.4 Å². The molecule has 1 N–H and O–H groups in total. The van der Waals surface area contributed by atoms with Crippen molar-refractivity contribution in [2.24, 2.45) is 5.41 Å². The molecule has 0 amide bonds. The van der Waals surface area contributed by atoms with E-state index in [1.807, 2.05) is 18.2 Å². The summed E-state index contributed by atoms with van der Waals surface area (Å²) in [5.41, 5.74) is 3.66. The van der Waals surface area contributed by atoms with E-state index < -0.39 is 6.10 Å². The average Bonchev–Trinajstić information content (AvgIpc) is 2.96. The van der Waals surface area contributed by atoms with Gasteiger partial charge in [-0.3, -0.25) is 4.90 Å². The third-order valence-corrected chi connectivity index (χ3v) is 6.12. The number of likely N-dealkylation sites (tertiary alicyclic amines) is 1. The van der Waals surface area contributed by atoms with Crippen LogP contribution in [0.3, 0.4) is 0 Å². The molecule has 1 unspecified atom stereocenters. The minimum atomic E-state index is -0.499. The van der Waals surface area contributed by atoms with Gasteiger partial charge in [-0.2, -0.15) is 0 Å². The predicted molar refractivity (Wildman–Crippen MR) is 99.8 cm³/mol. The van der Waals surface area contributed by atoms with Gasteiger partial charge in [0.1, 0.15) is 0 Å². The summed E-state index contributed by atoms with van der Waals surface area (Å²) in [4.78, 5) is 14.6. The van der Waals surface area contributed by atoms with E-state index in [4.69, 9.17) is 4.74 Å². The van der Waals surface area contributed by atoms with Crippen LogP contribution in [0.2, 0.25) is 0 Å². The van der Waals surface area contributed by atoms with E-state index in [1.165, 1.54) is 12.7 Å². The van der Waals surface area contributed by atoms with Gasteiger partial charge < -0.3 is 9.84 Å². The quantitative estimate of drug-likeness (QED) is 0.862. The summed E-state index contributed by atoms with van der Waals surface area (Å²) >= 11 is 0. The number of ether oxygens (including phenoxy) is 1. The van der Waals surface area contributed by atoms with Crippen LogP contribution >= 0.6 is 0 Å². The molecule has 0 radical (unpaired) electrons. The molecule has 1 aliphatic heterocycles. The summed E-state index contributed by atoms with van der Waals surface area (Å²) in [6.07, 6.45) is 2.14. The number of benzene rings is 2. The zero-order valence-corrected chi connectivity index (χ0v) is 15.1. The Hall–Kier alpha value is -2.17. The van der Waals surface area contributed by atoms with Crippen molar-refractivity contribution in [3.8, 4) is 0 Å². The number of piperidine rings is 1. The highest BCUT2D eigenvalue weighted by atomic mass is 16.5. The van der Waals surface area contributed by atoms with Crippen LogP contribution in [0.4, 0.5) is 0 Å². The SMILES string of the molecule is COC(=O)c1cccc2c1CC1(CCN(Cc3ccccc3)CC1)C2O. The monoisotopic (exact) mass is 351 g/mol. The topological polar surface area (TPSA) is 49.8 Å². The highest BCUT2D eigenvalue weighted by Gasteiger charge is 2.48. The number of hydrogen-bond acceptors (Lipinski definition) is 4. The van der Waals surface area contributed by atoms with Crippen molar-refractivity contribution in [3.63, 3.8) is 0 Å². The standard InChI is InChI=1S/C22H25NO3/c1-26-21(25)18-9-5-8-17-19(18)14-22(20(17)24)10-12-23(13-11-22)15-16-6-3-2-4-7-16/h2-9,20,24H,10-15H2,1H3. The Kier molecular flexibility index (Phi) is 4.55. The van der Waals surface area contributed by atoms with E-state index in [2.05, 4.69) is 29.2 Å². The van der Waals surface area contributed by atoms with E-state index >= 15 is 0 Å². The summed E-state index contributed by atoms with van der Waals surface area (Å²) in [6, 6.07) is 16.1. The highest BCUT2D eigenvalue weighted by Crippen LogP contribution is 2.52. The van der Waals surface area contributed by atoms with Crippen LogP contribution in [0.5, 0.6) is 0 Å². The second-order valence-corrected chi connectivity index (χ2v) is 7.57. The number of aliphatic hydroxyl groups is 1. The predicted octanol–water partition coefficient (Wildman–Crippen LogP) is 3.35. The number of carbonyl (C=O) groups is 1. The van der Waals surface area contributed by atoms with Crippen LogP contribution in [0.1, 0.15) is 46.0 Å². The number of methoxy groups -OCH3 is 1. The smallest absolute Gasteiger partial charge is 0.338 e. The van der Waals surface area contributed by atoms with Gasteiger partial charge in [0.05, 0.1) is 18.8 Å². The number of fused-ring (bicyclic) bond motifs is 1. The fourth-order valence-corrected chi connectivity index (χ4v) is 4.59. The minimum absolute atomic E-state index is 0.153. The molecule has 2 aromatic rings. The van der Waals surface area contributed by atoms with Crippen LogP contribution in [0, 0.1) is 5.41 Å². The van der Waals surface area contributed by atoms with Crippen molar-refractivity contribution < 1.29 is 14.6 Å². The molecule has 1 atom stereocenters. The molecule has 4 heteroatoms. The molecule has 1 aliphatic carbocycles. The molecule has 1 spiro atoms. The number of hydrogen-bond donors (Lipinski definition) is 1. The van der Waals surface area contributed by atoms with Crippen molar-refractivity contribution >= 4 is 5.97 Å². The van der Waals surface area contributed by atoms with Gasteiger partial charge in [-0.15, -0.1) is 0 Å². The molecule has 2 aliphatic rings. The third kappa shape index (κ3) is 2.93. The molecule has 2 aromatic carbocycles. The maximum Gasteiger partial charge on any atom is 0.338 e. The number of esters is 1. The second kappa shape index (κ2) is 6.86. The van der Waals surface area contributed by atoms with Crippen molar-refractivity contribution in [2.75, 3.05) is 20.2 Å². The maximum atomic E-state index is 12.1. The Morgan fingerprint density at radius 1 is 1.15 bits per heavy atom. The molecule has 1 fully saturated rings. The Labute approximate surface area is 154 Å². The summed E-state index contributed by atoms with van der Waals surface area (Å²) in [5, 5.41) is 11.0. The lowest BCUT2D eigenvalue weighted by atomic mass is 9.74. The zero-order valence-electron chi connectivity index (χ0n) is 15.1. The molecule has 136 valence electrons. The summed E-state index contributed by atoms with van der Waals surface area (Å²) in [7, 11) is 1.41. The van der Waals surface area contributed by atoms with Gasteiger partial charge in [0, 0.05) is 12.0 Å². The van der Waals surface area contributed by atoms with Crippen molar-refractivity contribution in [3.05, 3.63) is 70.8 Å². The van der Waals surface area contributed by atoms with Gasteiger partial charge in [-0.05, 0) is 55.1 Å². The van der Waals surface area contributed by atoms with Gasteiger partial charge in [-0.1, -0.05) is 42.5 Å². The van der Waals surface area contributed by atoms with Gasteiger partial charge in [0.2, 0.25) is 0 Å². The third-order valence-electron chi connectivity index (χ3n) is 6.12. The Bertz CT molecular complexity index is 794. The molecule has 0 aromatic heterocycles. The Balaban J connectivity index is 1.50. The Morgan fingerprint density at radius 3 is 2.58 bits per heavy atom. The first-order valence-corrected chi connectivity index (χ1v) is 9.27. The molecule has 1 heterocycles. The number of carbonyl (C=O) groups excluding carboxylic acids is 1. The number of aliphatic hydroxyl groups excluding tert-OH is 1. The molecular weight excluding hydrogens is 326 g/mol. The lowest BCUT2D eigenvalue weighted by Gasteiger charge is -2.41. The van der Waals surface area contributed by atoms with Crippen LogP contribution in [0.25, 0.3) is 0 Å². The second-order valence-electron chi connectivity index (χ2n) is 7.57. The lowest BCUT2D eigenvalue weighted by molar-refractivity contribution is -0.0140. The fraction of sp³-hybridized carbons (Fsp3) is 0.409. The first kappa shape index (κ1) is 17.3. The van der Waals surface area contributed by atoms with Gasteiger partial charge >= 0.3 is 5.97 Å². The van der Waals surface area contributed by atoms with Crippen LogP contribution < -0.4 is 0 Å². The minimum Gasteiger partial charge on any atom is -0.465 e. The highest BCUT2D eigenvalue weighted by molar-refractivity contribution is 5.91. The van der Waals surface area contributed by atoms with E-state index in [1.54, 1.807) is 6.07 Å². The molecule has 1 saturated heterocycles. The van der Waals surface area contributed by atoms with E-state index in [9.17, 15) is 9.90 Å². The fourth-order valence-electron chi connectivity index (χ4n) is 4.59. The summed E-state index contributed by atoms with van der Waals surface area (Å²) in [5.74, 6) is -0.312. The van der Waals surface area contributed by atoms with Gasteiger partial charge in [0.15, 0.2) is 0 Å². The number of nitrogens with zero attached hydrogens (tertiary/aromatic N) is 1. The van der Waals surface area contributed by atoms with Gasteiger partial charge in [-0.25, -0.2) is 4.79 Å². The molecule has 4 nitrogen and oxygen atoms in total. The van der Waals surface area contributed by atoms with E-state index in [0.29, 0.717) is 5.56 Å². The van der Waals surface area contributed by atoms with E-state index in [0.717, 1.165) is 50.0 Å². The first-order chi connectivity index (χ1) is 12.6. The molecular formula is C22H25NO3. The molecule has 4 rings (SSSR count). The van der Waals surface area contributed by atoms with Crippen LogP contribution in [-0.2, 0) is 17.7 Å².